The summed E-state index contributed by atoms with van der Waals surface area (Å²) in [6.45, 7) is 0. The molecule has 2 aromatic rings. The molecule has 0 fully saturated rings. The largest absolute Gasteiger partial charge is 0.492 e. The highest BCUT2D eigenvalue weighted by atomic mass is 32.1. The maximum absolute atomic E-state index is 5.02. The Hall–Kier alpha value is -0.940. The molecule has 0 saturated heterocycles. The highest BCUT2D eigenvalue weighted by Crippen LogP contribution is 2.28. The van der Waals surface area contributed by atoms with Crippen LogP contribution in [0.2, 0.25) is 0 Å². The fourth-order valence-electron chi connectivity index (χ4n) is 1.69. The van der Waals surface area contributed by atoms with Gasteiger partial charge in [-0.1, -0.05) is 24.3 Å². The van der Waals surface area contributed by atoms with Crippen molar-refractivity contribution < 1.29 is 9.44 Å². The summed E-state index contributed by atoms with van der Waals surface area (Å²) >= 11 is 10.0. The van der Waals surface area contributed by atoms with Crippen molar-refractivity contribution in [2.45, 2.75) is 0 Å². The van der Waals surface area contributed by atoms with E-state index in [0.717, 1.165) is 22.5 Å². The molecule has 2 nitrogen and oxygen atoms in total. The van der Waals surface area contributed by atoms with Crippen molar-refractivity contribution in [2.24, 2.45) is 0 Å². The first-order valence-electron chi connectivity index (χ1n) is 4.95. The SMILES string of the molecule is [S-][NH2+]c1ccccc1-c1ccccc1[NH2+][S-]. The van der Waals surface area contributed by atoms with Crippen LogP contribution >= 0.6 is 0 Å². The van der Waals surface area contributed by atoms with Crippen LogP contribution < -0.4 is 9.44 Å². The quantitative estimate of drug-likeness (QED) is 0.618. The summed E-state index contributed by atoms with van der Waals surface area (Å²) in [5, 5.41) is 0. The highest BCUT2D eigenvalue weighted by molar-refractivity contribution is 7.51. The van der Waals surface area contributed by atoms with Crippen molar-refractivity contribution in [3.8, 4) is 11.1 Å². The fourth-order valence-corrected chi connectivity index (χ4v) is 2.10. The number of benzene rings is 2. The molecule has 0 amide bonds. The Balaban J connectivity index is 2.58. The first-order chi connectivity index (χ1) is 7.86. The lowest BCUT2D eigenvalue weighted by Crippen LogP contribution is -2.71. The molecule has 0 heterocycles. The third-order valence-corrected chi connectivity index (χ3v) is 2.97. The van der Waals surface area contributed by atoms with E-state index in [0.29, 0.717) is 0 Å². The zero-order chi connectivity index (χ0) is 11.4. The molecule has 2 rings (SSSR count). The molecule has 0 aliphatic carbocycles. The van der Waals surface area contributed by atoms with E-state index in [4.69, 9.17) is 25.6 Å². The predicted octanol–water partition coefficient (Wildman–Crippen LogP) is 0.667. The summed E-state index contributed by atoms with van der Waals surface area (Å²) < 4.78 is 3.41. The van der Waals surface area contributed by atoms with E-state index < -0.39 is 0 Å². The van der Waals surface area contributed by atoms with Gasteiger partial charge in [-0.05, 0) is 24.3 Å². The smallest absolute Gasteiger partial charge is 0.120 e. The molecule has 82 valence electrons. The second kappa shape index (κ2) is 5.41. The lowest BCUT2D eigenvalue weighted by molar-refractivity contribution is -0.377. The van der Waals surface area contributed by atoms with Crippen LogP contribution in [0.3, 0.4) is 0 Å². The number of quaternary nitrogens is 2. The van der Waals surface area contributed by atoms with Gasteiger partial charge in [-0.3, -0.25) is 0 Å². The van der Waals surface area contributed by atoms with Crippen LogP contribution in [0, 0.1) is 0 Å². The summed E-state index contributed by atoms with van der Waals surface area (Å²) in [6.07, 6.45) is 0. The van der Waals surface area contributed by atoms with Crippen LogP contribution in [0.25, 0.3) is 11.1 Å². The Morgan fingerprint density at radius 3 is 1.38 bits per heavy atom. The molecule has 0 spiro atoms. The maximum Gasteiger partial charge on any atom is 0.120 e. The topological polar surface area (TPSA) is 33.2 Å². The van der Waals surface area contributed by atoms with E-state index in [-0.39, 0.29) is 0 Å². The second-order valence-corrected chi connectivity index (χ2v) is 3.88. The van der Waals surface area contributed by atoms with Crippen molar-refractivity contribution >= 4 is 37.0 Å². The molecule has 0 aromatic heterocycles. The Kier molecular flexibility index (Phi) is 3.90. The highest BCUT2D eigenvalue weighted by Gasteiger charge is 2.09. The molecule has 4 heteroatoms. The molecular weight excluding hydrogens is 236 g/mol. The lowest BCUT2D eigenvalue weighted by atomic mass is 10.0. The van der Waals surface area contributed by atoms with Crippen LogP contribution in [0.15, 0.2) is 48.5 Å². The molecule has 0 bridgehead atoms. The maximum atomic E-state index is 5.02. The Morgan fingerprint density at radius 2 is 1.00 bits per heavy atom. The summed E-state index contributed by atoms with van der Waals surface area (Å²) in [7, 11) is 0. The van der Waals surface area contributed by atoms with Gasteiger partial charge < -0.3 is 35.1 Å². The van der Waals surface area contributed by atoms with Gasteiger partial charge in [0.2, 0.25) is 0 Å². The Morgan fingerprint density at radius 1 is 0.625 bits per heavy atom. The van der Waals surface area contributed by atoms with E-state index in [1.54, 1.807) is 9.44 Å². The van der Waals surface area contributed by atoms with Crippen LogP contribution in [-0.4, -0.2) is 0 Å². The fraction of sp³-hybridized carbons (Fsp3) is 0. The number of nitrogens with two attached hydrogens (primary N) is 2. The molecule has 0 radical (unpaired) electrons. The summed E-state index contributed by atoms with van der Waals surface area (Å²) in [4.78, 5) is 0. The summed E-state index contributed by atoms with van der Waals surface area (Å²) in [6, 6.07) is 16.2. The van der Waals surface area contributed by atoms with Crippen LogP contribution in [0.4, 0.5) is 11.4 Å². The van der Waals surface area contributed by atoms with Gasteiger partial charge in [0.25, 0.3) is 0 Å². The van der Waals surface area contributed by atoms with Gasteiger partial charge in [0.15, 0.2) is 0 Å². The van der Waals surface area contributed by atoms with E-state index in [9.17, 15) is 0 Å². The number of hydrogen-bond donors (Lipinski definition) is 2. The van der Waals surface area contributed by atoms with Crippen LogP contribution in [-0.2, 0) is 25.6 Å². The minimum atomic E-state index is 1.06. The van der Waals surface area contributed by atoms with Crippen molar-refractivity contribution in [1.29, 1.82) is 0 Å². The van der Waals surface area contributed by atoms with Gasteiger partial charge in [-0.2, -0.15) is 0 Å². The van der Waals surface area contributed by atoms with Gasteiger partial charge in [0.1, 0.15) is 11.4 Å². The van der Waals surface area contributed by atoms with Crippen LogP contribution in [0.5, 0.6) is 0 Å². The predicted molar refractivity (Wildman–Crippen MR) is 69.8 cm³/mol. The minimum Gasteiger partial charge on any atom is -0.492 e. The molecule has 0 atom stereocenters. The third kappa shape index (κ3) is 2.25. The minimum absolute atomic E-state index is 1.06. The lowest BCUT2D eigenvalue weighted by Gasteiger charge is -2.12. The number of hydrogen-bond acceptors (Lipinski definition) is 2. The molecule has 4 N–H and O–H groups in total. The van der Waals surface area contributed by atoms with Gasteiger partial charge in [-0.15, -0.1) is 0 Å². The first-order valence-corrected chi connectivity index (χ1v) is 5.90. The zero-order valence-corrected chi connectivity index (χ0v) is 10.2. The molecule has 16 heavy (non-hydrogen) atoms. The van der Waals surface area contributed by atoms with E-state index in [2.05, 4.69) is 12.1 Å². The zero-order valence-electron chi connectivity index (χ0n) is 8.59. The summed E-state index contributed by atoms with van der Waals surface area (Å²) in [5.41, 5.74) is 4.38. The van der Waals surface area contributed by atoms with Gasteiger partial charge >= 0.3 is 0 Å². The average Bonchev–Trinajstić information content (AvgIpc) is 2.38. The molecule has 0 aliphatic rings. The average molecular weight is 248 g/mol. The molecule has 0 saturated carbocycles. The molecule has 0 unspecified atom stereocenters. The van der Waals surface area contributed by atoms with Crippen LogP contribution in [0.1, 0.15) is 0 Å². The Bertz CT molecular complexity index is 440. The number of rotatable bonds is 3. The van der Waals surface area contributed by atoms with Crippen molar-refractivity contribution in [3.63, 3.8) is 0 Å². The van der Waals surface area contributed by atoms with Crippen molar-refractivity contribution in [3.05, 3.63) is 48.5 Å². The molecule has 2 aromatic carbocycles. The second-order valence-electron chi connectivity index (χ2n) is 3.41. The first kappa shape index (κ1) is 11.5. The van der Waals surface area contributed by atoms with E-state index in [1.807, 2.05) is 36.4 Å². The summed E-state index contributed by atoms with van der Waals surface area (Å²) in [5.74, 6) is 0. The van der Waals surface area contributed by atoms with Gasteiger partial charge in [0, 0.05) is 11.1 Å². The standard InChI is InChI=1S/C12H12N2S2/c15-13-11-7-3-1-5-9(11)10-6-2-4-8-12(10)14-16/h1-8H,13-14H2. The van der Waals surface area contributed by atoms with Crippen molar-refractivity contribution in [2.75, 3.05) is 0 Å². The van der Waals surface area contributed by atoms with Crippen molar-refractivity contribution in [1.82, 2.24) is 0 Å². The normalized spacial score (nSPS) is 10.4. The van der Waals surface area contributed by atoms with Gasteiger partial charge in [-0.25, -0.2) is 0 Å². The molecular formula is C12H12N2S2. The van der Waals surface area contributed by atoms with E-state index in [1.165, 1.54) is 0 Å². The Labute approximate surface area is 106 Å². The van der Waals surface area contributed by atoms with Gasteiger partial charge in [0.05, 0.1) is 0 Å². The van der Waals surface area contributed by atoms with E-state index >= 15 is 0 Å². The third-order valence-electron chi connectivity index (χ3n) is 2.47. The molecule has 0 aliphatic heterocycles. The monoisotopic (exact) mass is 248 g/mol.